The lowest BCUT2D eigenvalue weighted by Crippen LogP contribution is -2.47. The van der Waals surface area contributed by atoms with Gasteiger partial charge in [0.1, 0.15) is 16.1 Å². The Bertz CT molecular complexity index is 1380. The fourth-order valence-electron chi connectivity index (χ4n) is 3.67. The van der Waals surface area contributed by atoms with E-state index < -0.39 is 33.6 Å². The lowest BCUT2D eigenvalue weighted by Gasteiger charge is -2.31. The van der Waals surface area contributed by atoms with Crippen LogP contribution in [0.3, 0.4) is 0 Å². The number of thiophene rings is 1. The number of carbonyl (C=O) groups is 1. The summed E-state index contributed by atoms with van der Waals surface area (Å²) in [6.07, 6.45) is 3.11. The number of nitrogens with zero attached hydrogens (tertiary/aromatic N) is 3. The summed E-state index contributed by atoms with van der Waals surface area (Å²) in [5.41, 5.74) is 0.115. The van der Waals surface area contributed by atoms with Gasteiger partial charge in [-0.3, -0.25) is 4.79 Å². The first-order valence-electron chi connectivity index (χ1n) is 9.67. The van der Waals surface area contributed by atoms with Crippen molar-refractivity contribution in [3.05, 3.63) is 57.7 Å². The van der Waals surface area contributed by atoms with Gasteiger partial charge in [-0.25, -0.2) is 17.2 Å². The summed E-state index contributed by atoms with van der Waals surface area (Å²) in [5, 5.41) is 0. The van der Waals surface area contributed by atoms with E-state index in [0.29, 0.717) is 23.6 Å². The van der Waals surface area contributed by atoms with Gasteiger partial charge < -0.3 is 4.57 Å². The van der Waals surface area contributed by atoms with Crippen molar-refractivity contribution in [2.24, 2.45) is 4.99 Å². The number of carbonyl (C=O) groups excluding carboxylic acids is 1. The van der Waals surface area contributed by atoms with E-state index in [1.165, 1.54) is 28.8 Å². The van der Waals surface area contributed by atoms with E-state index in [1.54, 1.807) is 0 Å². The Kier molecular flexibility index (Phi) is 6.64. The van der Waals surface area contributed by atoms with Crippen LogP contribution in [-0.2, 0) is 21.4 Å². The maximum Gasteiger partial charge on any atom is 0.266 e. The molecule has 1 amide bonds. The molecule has 1 aliphatic rings. The number of rotatable bonds is 5. The Morgan fingerprint density at radius 1 is 1.28 bits per heavy atom. The van der Waals surface area contributed by atoms with Gasteiger partial charge in [0.25, 0.3) is 15.9 Å². The number of hydrogen-bond acceptors (Lipinski definition) is 5. The fraction of sp³-hybridized carbons (Fsp3) is 0.300. The van der Waals surface area contributed by atoms with Gasteiger partial charge in [-0.05, 0) is 31.0 Å². The molecule has 12 heteroatoms. The van der Waals surface area contributed by atoms with Gasteiger partial charge in [-0.2, -0.15) is 9.30 Å². The van der Waals surface area contributed by atoms with Crippen LogP contribution in [-0.4, -0.2) is 35.8 Å². The van der Waals surface area contributed by atoms with Crippen LogP contribution in [0.4, 0.5) is 8.78 Å². The van der Waals surface area contributed by atoms with Gasteiger partial charge in [0.15, 0.2) is 10.6 Å². The summed E-state index contributed by atoms with van der Waals surface area (Å²) in [5.74, 6) is -2.16. The Morgan fingerprint density at radius 3 is 2.75 bits per heavy atom. The van der Waals surface area contributed by atoms with Crippen molar-refractivity contribution < 1.29 is 22.0 Å². The second-order valence-corrected chi connectivity index (χ2v) is 12.0. The van der Waals surface area contributed by atoms with Crippen LogP contribution >= 0.6 is 34.3 Å². The highest BCUT2D eigenvalue weighted by atomic mass is 35.5. The molecule has 0 radical (unpaired) electrons. The normalized spacial score (nSPS) is 18.3. The van der Waals surface area contributed by atoms with E-state index in [4.69, 9.17) is 11.6 Å². The van der Waals surface area contributed by atoms with Gasteiger partial charge >= 0.3 is 0 Å². The van der Waals surface area contributed by atoms with E-state index in [9.17, 15) is 22.0 Å². The highest BCUT2D eigenvalue weighted by Crippen LogP contribution is 2.32. The minimum Gasteiger partial charge on any atom is -0.310 e. The molecule has 170 valence electrons. The van der Waals surface area contributed by atoms with Crippen LogP contribution in [0.15, 0.2) is 46.1 Å². The lowest BCUT2D eigenvalue weighted by atomic mass is 10.0. The largest absolute Gasteiger partial charge is 0.310 e. The molecular weight excluding hydrogens is 500 g/mol. The van der Waals surface area contributed by atoms with Crippen molar-refractivity contribution in [3.63, 3.8) is 0 Å². The molecular formula is C20H18ClF2N3O3S3. The maximum absolute atomic E-state index is 14.4. The number of thiazole rings is 1. The zero-order chi connectivity index (χ0) is 23.0. The van der Waals surface area contributed by atoms with Crippen molar-refractivity contribution in [1.29, 1.82) is 0 Å². The SMILES string of the molecule is C=CCn1c(=NC(=O)C2CCCCN2S(=O)(=O)c2ccc(Cl)s2)sc2cc(F)cc(F)c21. The first-order valence-corrected chi connectivity index (χ1v) is 13.1. The van der Waals surface area contributed by atoms with Crippen LogP contribution in [0.2, 0.25) is 4.34 Å². The summed E-state index contributed by atoms with van der Waals surface area (Å²) in [6, 6.07) is 3.86. The smallest absolute Gasteiger partial charge is 0.266 e. The summed E-state index contributed by atoms with van der Waals surface area (Å²) >= 11 is 7.79. The molecule has 1 atom stereocenters. The van der Waals surface area contributed by atoms with Crippen molar-refractivity contribution in [1.82, 2.24) is 8.87 Å². The lowest BCUT2D eigenvalue weighted by molar-refractivity contribution is -0.122. The van der Waals surface area contributed by atoms with Crippen molar-refractivity contribution in [2.75, 3.05) is 6.54 Å². The summed E-state index contributed by atoms with van der Waals surface area (Å²) in [7, 11) is -3.93. The number of amides is 1. The van der Waals surface area contributed by atoms with E-state index in [0.717, 1.165) is 33.0 Å². The van der Waals surface area contributed by atoms with E-state index in [2.05, 4.69) is 11.6 Å². The second-order valence-electron chi connectivity index (χ2n) is 7.15. The molecule has 4 rings (SSSR count). The monoisotopic (exact) mass is 517 g/mol. The molecule has 0 saturated carbocycles. The number of halogens is 3. The average molecular weight is 518 g/mol. The standard InChI is InChI=1S/C20H18ClF2N3O3S3/c1-2-8-25-18-13(23)10-12(22)11-15(18)30-20(25)24-19(27)14-5-3-4-9-26(14)32(28,29)17-7-6-16(21)31-17/h2,6-7,10-11,14H,1,3-5,8-9H2. The Morgan fingerprint density at radius 2 is 2.06 bits per heavy atom. The Labute approximate surface area is 196 Å². The predicted molar refractivity (Wildman–Crippen MR) is 121 cm³/mol. The van der Waals surface area contributed by atoms with Crippen molar-refractivity contribution in [2.45, 2.75) is 36.1 Å². The molecule has 0 spiro atoms. The number of benzene rings is 1. The molecule has 0 N–H and O–H groups in total. The zero-order valence-corrected chi connectivity index (χ0v) is 19.8. The zero-order valence-electron chi connectivity index (χ0n) is 16.6. The number of allylic oxidation sites excluding steroid dienone is 1. The number of piperidine rings is 1. The van der Waals surface area contributed by atoms with Crippen LogP contribution in [0.5, 0.6) is 0 Å². The topological polar surface area (TPSA) is 71.7 Å². The summed E-state index contributed by atoms with van der Waals surface area (Å²) in [4.78, 5) is 17.4. The van der Waals surface area contributed by atoms with Gasteiger partial charge in [0.2, 0.25) is 0 Å². The van der Waals surface area contributed by atoms with Crippen LogP contribution in [0, 0.1) is 11.6 Å². The highest BCUT2D eigenvalue weighted by molar-refractivity contribution is 7.91. The maximum atomic E-state index is 14.4. The van der Waals surface area contributed by atoms with Crippen molar-refractivity contribution in [3.8, 4) is 0 Å². The number of aromatic nitrogens is 1. The number of hydrogen-bond donors (Lipinski definition) is 0. The Hall–Kier alpha value is -1.92. The molecule has 1 unspecified atom stereocenters. The number of fused-ring (bicyclic) bond motifs is 1. The molecule has 0 bridgehead atoms. The van der Waals surface area contributed by atoms with E-state index >= 15 is 0 Å². The average Bonchev–Trinajstić information content (AvgIpc) is 3.32. The molecule has 3 heterocycles. The first kappa shape index (κ1) is 23.2. The molecule has 0 aliphatic carbocycles. The molecule has 2 aromatic heterocycles. The molecule has 32 heavy (non-hydrogen) atoms. The summed E-state index contributed by atoms with van der Waals surface area (Å²) < 4.78 is 57.7. The van der Waals surface area contributed by atoms with Crippen LogP contribution in [0.1, 0.15) is 19.3 Å². The molecule has 1 fully saturated rings. The quantitative estimate of drug-likeness (QED) is 0.466. The predicted octanol–water partition coefficient (Wildman–Crippen LogP) is 4.55. The van der Waals surface area contributed by atoms with Gasteiger partial charge in [0, 0.05) is 19.2 Å². The van der Waals surface area contributed by atoms with Crippen molar-refractivity contribution >= 4 is 60.4 Å². The fourth-order valence-corrected chi connectivity index (χ4v) is 8.02. The number of sulfonamides is 1. The summed E-state index contributed by atoms with van der Waals surface area (Å²) in [6.45, 7) is 3.97. The van der Waals surface area contributed by atoms with E-state index in [-0.39, 0.29) is 32.3 Å². The van der Waals surface area contributed by atoms with Gasteiger partial charge in [0.05, 0.1) is 14.6 Å². The molecule has 6 nitrogen and oxygen atoms in total. The molecule has 1 aliphatic heterocycles. The third-order valence-electron chi connectivity index (χ3n) is 5.06. The van der Waals surface area contributed by atoms with E-state index in [1.807, 2.05) is 0 Å². The third-order valence-corrected chi connectivity index (χ3v) is 9.70. The minimum absolute atomic E-state index is 0.0586. The molecule has 1 aromatic carbocycles. The second kappa shape index (κ2) is 9.14. The van der Waals surface area contributed by atoms with Crippen LogP contribution < -0.4 is 4.80 Å². The highest BCUT2D eigenvalue weighted by Gasteiger charge is 2.38. The molecule has 3 aromatic rings. The Balaban J connectivity index is 1.78. The minimum atomic E-state index is -3.93. The first-order chi connectivity index (χ1) is 15.2. The van der Waals surface area contributed by atoms with Gasteiger partial charge in [-0.1, -0.05) is 35.4 Å². The van der Waals surface area contributed by atoms with Gasteiger partial charge in [-0.15, -0.1) is 17.9 Å². The molecule has 1 saturated heterocycles. The third kappa shape index (κ3) is 4.32. The van der Waals surface area contributed by atoms with Crippen LogP contribution in [0.25, 0.3) is 10.2 Å².